The van der Waals surface area contributed by atoms with E-state index in [-0.39, 0.29) is 17.1 Å². The van der Waals surface area contributed by atoms with Crippen molar-refractivity contribution < 1.29 is 19.1 Å². The van der Waals surface area contributed by atoms with Crippen LogP contribution in [0.3, 0.4) is 0 Å². The zero-order valence-corrected chi connectivity index (χ0v) is 19.2. The van der Waals surface area contributed by atoms with Crippen LogP contribution in [-0.4, -0.2) is 40.9 Å². The largest absolute Gasteiger partial charge is 0.493 e. The number of hydrogen-bond donors (Lipinski definition) is 0. The Hall–Kier alpha value is -3.19. The first-order chi connectivity index (χ1) is 15.5. The van der Waals surface area contributed by atoms with Gasteiger partial charge >= 0.3 is 0 Å². The summed E-state index contributed by atoms with van der Waals surface area (Å²) in [6.07, 6.45) is 3.83. The molecular weight excluding hydrogens is 424 g/mol. The first kappa shape index (κ1) is 22.0. The molecule has 32 heavy (non-hydrogen) atoms. The van der Waals surface area contributed by atoms with Crippen LogP contribution in [-0.2, 0) is 11.3 Å². The van der Waals surface area contributed by atoms with E-state index in [1.54, 1.807) is 7.11 Å². The van der Waals surface area contributed by atoms with Crippen molar-refractivity contribution in [2.75, 3.05) is 20.3 Å². The van der Waals surface area contributed by atoms with Gasteiger partial charge in [0.25, 0.3) is 11.1 Å². The number of carbonyl (C=O) groups excluding carboxylic acids is 2. The Morgan fingerprint density at radius 3 is 2.50 bits per heavy atom. The number of methoxy groups -OCH3 is 1. The molecule has 0 atom stereocenters. The number of imide groups is 1. The summed E-state index contributed by atoms with van der Waals surface area (Å²) >= 11 is 1.01. The molecule has 2 aromatic carbocycles. The number of carbonyl (C=O) groups is 2. The van der Waals surface area contributed by atoms with Gasteiger partial charge in [0.05, 0.1) is 18.6 Å². The molecule has 0 unspecified atom stereocenters. The number of ether oxygens (including phenoxy) is 2. The van der Waals surface area contributed by atoms with Gasteiger partial charge in [-0.1, -0.05) is 44.2 Å². The Morgan fingerprint density at radius 2 is 1.75 bits per heavy atom. The molecule has 0 saturated carbocycles. The number of nitrogens with zero attached hydrogens (tertiary/aromatic N) is 2. The van der Waals surface area contributed by atoms with E-state index < -0.39 is 0 Å². The second-order valence-corrected chi connectivity index (χ2v) is 8.97. The molecular formula is C25H26N2O4S. The smallest absolute Gasteiger partial charge is 0.293 e. The van der Waals surface area contributed by atoms with Crippen LogP contribution in [0.15, 0.2) is 59.6 Å². The van der Waals surface area contributed by atoms with Crippen molar-refractivity contribution in [1.82, 2.24) is 9.47 Å². The molecule has 2 amide bonds. The summed E-state index contributed by atoms with van der Waals surface area (Å²) in [5.74, 6) is 1.41. The van der Waals surface area contributed by atoms with Crippen molar-refractivity contribution in [3.8, 4) is 11.5 Å². The quantitative estimate of drug-likeness (QED) is 0.429. The van der Waals surface area contributed by atoms with Gasteiger partial charge in [0.15, 0.2) is 11.5 Å². The van der Waals surface area contributed by atoms with Crippen molar-refractivity contribution in [1.29, 1.82) is 0 Å². The average Bonchev–Trinajstić information content (AvgIpc) is 3.26. The summed E-state index contributed by atoms with van der Waals surface area (Å²) in [7, 11) is 1.62. The van der Waals surface area contributed by atoms with E-state index in [0.29, 0.717) is 36.1 Å². The molecule has 1 aliphatic heterocycles. The molecule has 0 radical (unpaired) electrons. The molecule has 3 aromatic rings. The van der Waals surface area contributed by atoms with Crippen molar-refractivity contribution in [3.05, 3.63) is 65.2 Å². The van der Waals surface area contributed by atoms with Crippen molar-refractivity contribution in [2.24, 2.45) is 5.92 Å². The van der Waals surface area contributed by atoms with Gasteiger partial charge < -0.3 is 14.0 Å². The number of para-hydroxylation sites is 3. The van der Waals surface area contributed by atoms with Crippen molar-refractivity contribution >= 4 is 39.9 Å². The monoisotopic (exact) mass is 450 g/mol. The van der Waals surface area contributed by atoms with E-state index in [4.69, 9.17) is 9.47 Å². The minimum Gasteiger partial charge on any atom is -0.493 e. The Labute approximate surface area is 191 Å². The number of thioether (sulfide) groups is 1. The molecule has 0 bridgehead atoms. The number of aromatic nitrogens is 1. The molecule has 2 heterocycles. The fourth-order valence-electron chi connectivity index (χ4n) is 3.73. The predicted octanol–water partition coefficient (Wildman–Crippen LogP) is 5.42. The average molecular weight is 451 g/mol. The van der Waals surface area contributed by atoms with Crippen LogP contribution in [0.5, 0.6) is 11.5 Å². The lowest BCUT2D eigenvalue weighted by Crippen LogP contribution is -2.31. The standard InChI is InChI=1S/C25H26N2O4S/c1-17(2)15-27-24(28)23(32-25(27)29)14-18-16-26(20-9-5-4-8-19(18)20)12-13-31-22-11-7-6-10-21(22)30-3/h4-11,14,16-17H,12-13,15H2,1-3H3/b23-14-. The topological polar surface area (TPSA) is 60.8 Å². The van der Waals surface area contributed by atoms with Gasteiger partial charge in [0, 0.05) is 29.2 Å². The van der Waals surface area contributed by atoms with Crippen LogP contribution in [0.25, 0.3) is 17.0 Å². The summed E-state index contributed by atoms with van der Waals surface area (Å²) < 4.78 is 13.4. The third-order valence-corrected chi connectivity index (χ3v) is 6.09. The highest BCUT2D eigenvalue weighted by molar-refractivity contribution is 8.18. The first-order valence-electron chi connectivity index (χ1n) is 10.6. The van der Waals surface area contributed by atoms with E-state index in [9.17, 15) is 9.59 Å². The second-order valence-electron chi connectivity index (χ2n) is 7.98. The molecule has 1 aliphatic rings. The summed E-state index contributed by atoms with van der Waals surface area (Å²) in [6, 6.07) is 15.6. The maximum absolute atomic E-state index is 12.8. The lowest BCUT2D eigenvalue weighted by molar-refractivity contribution is -0.123. The summed E-state index contributed by atoms with van der Waals surface area (Å²) in [6.45, 7) is 5.51. The number of benzene rings is 2. The van der Waals surface area contributed by atoms with Crippen LogP contribution in [0.4, 0.5) is 4.79 Å². The van der Waals surface area contributed by atoms with E-state index in [0.717, 1.165) is 28.2 Å². The van der Waals surface area contributed by atoms with Crippen molar-refractivity contribution in [3.63, 3.8) is 0 Å². The van der Waals surface area contributed by atoms with Gasteiger partial charge in [-0.25, -0.2) is 0 Å². The zero-order chi connectivity index (χ0) is 22.7. The zero-order valence-electron chi connectivity index (χ0n) is 18.4. The Bertz CT molecular complexity index is 1180. The van der Waals surface area contributed by atoms with Crippen molar-refractivity contribution in [2.45, 2.75) is 20.4 Å². The highest BCUT2D eigenvalue weighted by atomic mass is 32.2. The molecule has 7 heteroatoms. The summed E-state index contributed by atoms with van der Waals surface area (Å²) in [5.41, 5.74) is 1.96. The number of amides is 2. The van der Waals surface area contributed by atoms with Crippen LogP contribution in [0, 0.1) is 5.92 Å². The fraction of sp³-hybridized carbons (Fsp3) is 0.280. The number of fused-ring (bicyclic) bond motifs is 1. The van der Waals surface area contributed by atoms with E-state index in [1.807, 2.05) is 74.7 Å². The van der Waals surface area contributed by atoms with Crippen LogP contribution in [0.1, 0.15) is 19.4 Å². The normalized spacial score (nSPS) is 15.4. The van der Waals surface area contributed by atoms with E-state index in [1.165, 1.54) is 4.90 Å². The number of hydrogen-bond acceptors (Lipinski definition) is 5. The molecule has 0 N–H and O–H groups in total. The van der Waals surface area contributed by atoms with Crippen LogP contribution < -0.4 is 9.47 Å². The van der Waals surface area contributed by atoms with Gasteiger partial charge in [0.2, 0.25) is 0 Å². The highest BCUT2D eigenvalue weighted by Crippen LogP contribution is 2.34. The minimum absolute atomic E-state index is 0.205. The van der Waals surface area contributed by atoms with Gasteiger partial charge in [-0.2, -0.15) is 0 Å². The highest BCUT2D eigenvalue weighted by Gasteiger charge is 2.35. The third kappa shape index (κ3) is 4.53. The second kappa shape index (κ2) is 9.53. The summed E-state index contributed by atoms with van der Waals surface area (Å²) in [5, 5.41) is 0.823. The predicted molar refractivity (Wildman–Crippen MR) is 128 cm³/mol. The summed E-state index contributed by atoms with van der Waals surface area (Å²) in [4.78, 5) is 26.9. The van der Waals surface area contributed by atoms with Crippen LogP contribution >= 0.6 is 11.8 Å². The molecule has 1 aromatic heterocycles. The molecule has 1 fully saturated rings. The van der Waals surface area contributed by atoms with Crippen LogP contribution in [0.2, 0.25) is 0 Å². The van der Waals surface area contributed by atoms with Gasteiger partial charge in [-0.15, -0.1) is 0 Å². The lowest BCUT2D eigenvalue weighted by atomic mass is 10.1. The Kier molecular flexibility index (Phi) is 6.55. The fourth-order valence-corrected chi connectivity index (χ4v) is 4.57. The van der Waals surface area contributed by atoms with E-state index in [2.05, 4.69) is 4.57 Å². The molecule has 0 spiro atoms. The maximum Gasteiger partial charge on any atom is 0.293 e. The van der Waals surface area contributed by atoms with Gasteiger partial charge in [0.1, 0.15) is 6.61 Å². The van der Waals surface area contributed by atoms with Gasteiger partial charge in [-0.05, 0) is 42.0 Å². The molecule has 0 aliphatic carbocycles. The Balaban J connectivity index is 1.56. The van der Waals surface area contributed by atoms with E-state index >= 15 is 0 Å². The molecule has 166 valence electrons. The molecule has 1 saturated heterocycles. The molecule has 4 rings (SSSR count). The SMILES string of the molecule is COc1ccccc1OCCn1cc(/C=C2\SC(=O)N(CC(C)C)C2=O)c2ccccc21. The third-order valence-electron chi connectivity index (χ3n) is 5.19. The Morgan fingerprint density at radius 1 is 1.03 bits per heavy atom. The molecule has 6 nitrogen and oxygen atoms in total. The van der Waals surface area contributed by atoms with Gasteiger partial charge in [-0.3, -0.25) is 14.5 Å². The number of rotatable bonds is 8. The maximum atomic E-state index is 12.8. The minimum atomic E-state index is -0.218. The lowest BCUT2D eigenvalue weighted by Gasteiger charge is -2.14. The first-order valence-corrected chi connectivity index (χ1v) is 11.4.